The van der Waals surface area contributed by atoms with Crippen LogP contribution in [-0.4, -0.2) is 57.1 Å². The van der Waals surface area contributed by atoms with Crippen LogP contribution in [0.1, 0.15) is 55.4 Å². The number of esters is 1. The Morgan fingerprint density at radius 3 is 2.85 bits per heavy atom. The van der Waals surface area contributed by atoms with Crippen LogP contribution in [0.4, 0.5) is 10.1 Å². The molecule has 0 fully saturated rings. The fraction of sp³-hybridized carbons (Fsp3) is 0.321. The fourth-order valence-electron chi connectivity index (χ4n) is 5.04. The van der Waals surface area contributed by atoms with Gasteiger partial charge in [-0.1, -0.05) is 0 Å². The first-order valence-electron chi connectivity index (χ1n) is 12.9. The molecule has 0 aliphatic carbocycles. The predicted octanol–water partition coefficient (Wildman–Crippen LogP) is 5.38. The van der Waals surface area contributed by atoms with Gasteiger partial charge in [0.25, 0.3) is 0 Å². The molecular formula is C28H28FN5O5S. The molecule has 0 spiro atoms. The van der Waals surface area contributed by atoms with Crippen molar-refractivity contribution in [2.45, 2.75) is 49.5 Å². The van der Waals surface area contributed by atoms with E-state index in [0.717, 1.165) is 0 Å². The number of carbonyl (C=O) groups excluding carboxylic acids is 2. The van der Waals surface area contributed by atoms with Gasteiger partial charge in [0.05, 0.1) is 47.9 Å². The Kier molecular flexibility index (Phi) is 6.56. The number of aromatic amines is 2. The molecule has 5 heterocycles. The maximum atomic E-state index is 13.6. The molecule has 6 rings (SSSR count). The summed E-state index contributed by atoms with van der Waals surface area (Å²) in [5.74, 6) is -0.989. The molecule has 3 aromatic heterocycles. The van der Waals surface area contributed by atoms with Crippen LogP contribution in [0.2, 0.25) is 0 Å². The zero-order valence-corrected chi connectivity index (χ0v) is 23.2. The number of aromatic nitrogens is 3. The van der Waals surface area contributed by atoms with Gasteiger partial charge in [0, 0.05) is 23.0 Å². The zero-order valence-electron chi connectivity index (χ0n) is 22.4. The van der Waals surface area contributed by atoms with Gasteiger partial charge in [0.1, 0.15) is 17.3 Å². The lowest BCUT2D eigenvalue weighted by atomic mass is 9.81. The number of imidazole rings is 1. The van der Waals surface area contributed by atoms with Crippen molar-refractivity contribution < 1.29 is 28.0 Å². The van der Waals surface area contributed by atoms with Crippen molar-refractivity contribution in [3.8, 4) is 0 Å². The summed E-state index contributed by atoms with van der Waals surface area (Å²) in [6, 6.07) is 7.98. The molecule has 2 aliphatic rings. The van der Waals surface area contributed by atoms with Crippen LogP contribution in [0, 0.1) is 5.82 Å². The van der Waals surface area contributed by atoms with Crippen LogP contribution in [0.3, 0.4) is 0 Å². The van der Waals surface area contributed by atoms with Crippen molar-refractivity contribution in [2.75, 3.05) is 25.0 Å². The molecule has 0 bridgehead atoms. The number of rotatable bonds is 6. The van der Waals surface area contributed by atoms with Gasteiger partial charge >= 0.3 is 5.97 Å². The third-order valence-corrected chi connectivity index (χ3v) is 7.26. The molecule has 10 nitrogen and oxygen atoms in total. The van der Waals surface area contributed by atoms with E-state index in [1.807, 2.05) is 26.8 Å². The maximum absolute atomic E-state index is 13.6. The van der Waals surface area contributed by atoms with Gasteiger partial charge in [-0.25, -0.2) is 14.2 Å². The second-order valence-corrected chi connectivity index (χ2v) is 11.5. The van der Waals surface area contributed by atoms with Gasteiger partial charge in [-0.05, 0) is 69.8 Å². The summed E-state index contributed by atoms with van der Waals surface area (Å²) >= 11 is 1.26. The highest BCUT2D eigenvalue weighted by Gasteiger charge is 2.42. The van der Waals surface area contributed by atoms with Gasteiger partial charge in [0.2, 0.25) is 0 Å². The van der Waals surface area contributed by atoms with Crippen LogP contribution in [0.25, 0.3) is 11.0 Å². The van der Waals surface area contributed by atoms with E-state index in [-0.39, 0.29) is 30.4 Å². The first-order chi connectivity index (χ1) is 19.1. The third kappa shape index (κ3) is 4.93. The Morgan fingerprint density at radius 1 is 1.25 bits per heavy atom. The number of ether oxygens (including phenoxy) is 1. The summed E-state index contributed by atoms with van der Waals surface area (Å²) in [5, 5.41) is 6.02. The number of benzene rings is 1. The van der Waals surface area contributed by atoms with Crippen molar-refractivity contribution in [1.82, 2.24) is 20.0 Å². The van der Waals surface area contributed by atoms with Gasteiger partial charge in [0.15, 0.2) is 16.0 Å². The molecule has 40 heavy (non-hydrogen) atoms. The standard InChI is InChI=1S/C28H28FN5O5S/c1-5-37-26(36)25-24-15(11-30-25)22(23-18(31-24)12-34(13-19(23)35)39-28(2,3)4)20-8-9-21(38-20)40-27-32-16-7-6-14(29)10-17(16)33-27/h6-11,22,30-31H,5,12-13H2,1-4H3,(H,32,33). The van der Waals surface area contributed by atoms with Crippen LogP contribution >= 0.6 is 11.8 Å². The number of hydroxylamine groups is 2. The SMILES string of the molecule is CCOC(=O)c1[nH]cc2c1NC1=C(C(=O)CN(OC(C)(C)C)C1)C2c1ccc(Sc2nc3ccc(F)cc3[nH]2)o1. The number of hydrogen-bond donors (Lipinski definition) is 3. The Morgan fingerprint density at radius 2 is 2.08 bits per heavy atom. The Hall–Kier alpha value is -3.87. The van der Waals surface area contributed by atoms with Gasteiger partial charge < -0.3 is 24.4 Å². The van der Waals surface area contributed by atoms with Crippen molar-refractivity contribution in [3.63, 3.8) is 0 Å². The molecular weight excluding hydrogens is 537 g/mol. The number of nitrogens with zero attached hydrogens (tertiary/aromatic N) is 2. The van der Waals surface area contributed by atoms with Crippen LogP contribution in [0.15, 0.2) is 62.5 Å². The largest absolute Gasteiger partial charge is 0.461 e. The normalized spacial score (nSPS) is 17.6. The number of fused-ring (bicyclic) bond motifs is 2. The minimum atomic E-state index is -0.561. The van der Waals surface area contributed by atoms with E-state index in [2.05, 4.69) is 20.3 Å². The fourth-order valence-corrected chi connectivity index (χ4v) is 5.81. The number of H-pyrrole nitrogens is 2. The Bertz CT molecular complexity index is 1660. The summed E-state index contributed by atoms with van der Waals surface area (Å²) in [4.78, 5) is 42.9. The molecule has 1 aromatic carbocycles. The zero-order chi connectivity index (χ0) is 28.2. The van der Waals surface area contributed by atoms with Gasteiger partial charge in [-0.3, -0.25) is 9.63 Å². The lowest BCUT2D eigenvalue weighted by Crippen LogP contribution is -2.45. The van der Waals surface area contributed by atoms with E-state index in [1.165, 1.54) is 23.9 Å². The predicted molar refractivity (Wildman–Crippen MR) is 146 cm³/mol. The van der Waals surface area contributed by atoms with E-state index >= 15 is 0 Å². The second kappa shape index (κ2) is 9.95. The van der Waals surface area contributed by atoms with Crippen molar-refractivity contribution in [2.24, 2.45) is 0 Å². The topological polar surface area (TPSA) is 125 Å². The number of halogens is 1. The smallest absolute Gasteiger partial charge is 0.356 e. The third-order valence-electron chi connectivity index (χ3n) is 6.45. The summed E-state index contributed by atoms with van der Waals surface area (Å²) in [6.07, 6.45) is 1.71. The van der Waals surface area contributed by atoms with Crippen molar-refractivity contribution in [1.29, 1.82) is 0 Å². The average Bonchev–Trinajstić information content (AvgIpc) is 3.60. The number of hydrogen-bond acceptors (Lipinski definition) is 9. The van der Waals surface area contributed by atoms with Gasteiger partial charge in [-0.15, -0.1) is 0 Å². The molecule has 3 N–H and O–H groups in total. The molecule has 0 saturated carbocycles. The highest BCUT2D eigenvalue weighted by atomic mass is 32.2. The number of Topliss-reactive ketones (excluding diaryl/α,β-unsaturated/α-hetero) is 1. The molecule has 4 aromatic rings. The van der Waals surface area contributed by atoms with Crippen molar-refractivity contribution >= 4 is 40.2 Å². The number of nitrogens with one attached hydrogen (secondary N) is 3. The highest BCUT2D eigenvalue weighted by molar-refractivity contribution is 7.99. The van der Waals surface area contributed by atoms with Crippen LogP contribution in [0.5, 0.6) is 0 Å². The molecule has 0 radical (unpaired) electrons. The average molecular weight is 566 g/mol. The quantitative estimate of drug-likeness (QED) is 0.264. The lowest BCUT2D eigenvalue weighted by Gasteiger charge is -2.38. The molecule has 1 atom stereocenters. The highest BCUT2D eigenvalue weighted by Crippen LogP contribution is 2.46. The van der Waals surface area contributed by atoms with Crippen LogP contribution in [-0.2, 0) is 14.4 Å². The Labute approximate surface area is 233 Å². The number of anilines is 1. The van der Waals surface area contributed by atoms with E-state index in [9.17, 15) is 14.0 Å². The molecule has 0 amide bonds. The summed E-state index contributed by atoms with van der Waals surface area (Å²) < 4.78 is 25.1. The van der Waals surface area contributed by atoms with E-state index in [4.69, 9.17) is 14.0 Å². The summed E-state index contributed by atoms with van der Waals surface area (Å²) in [7, 11) is 0. The van der Waals surface area contributed by atoms with Crippen molar-refractivity contribution in [3.05, 3.63) is 70.6 Å². The molecule has 12 heteroatoms. The van der Waals surface area contributed by atoms with E-state index < -0.39 is 17.5 Å². The number of ketones is 1. The number of furan rings is 1. The van der Waals surface area contributed by atoms with E-state index in [1.54, 1.807) is 30.3 Å². The monoisotopic (exact) mass is 565 g/mol. The lowest BCUT2D eigenvalue weighted by molar-refractivity contribution is -0.223. The summed E-state index contributed by atoms with van der Waals surface area (Å²) in [6.45, 7) is 8.12. The van der Waals surface area contributed by atoms with E-state index in [0.29, 0.717) is 56.1 Å². The minimum absolute atomic E-state index is 0.0800. The first kappa shape index (κ1) is 26.4. The molecule has 208 valence electrons. The first-order valence-corrected chi connectivity index (χ1v) is 13.7. The maximum Gasteiger partial charge on any atom is 0.356 e. The molecule has 0 saturated heterocycles. The number of carbonyl (C=O) groups is 2. The second-order valence-electron chi connectivity index (χ2n) is 10.6. The minimum Gasteiger partial charge on any atom is -0.461 e. The molecule has 1 unspecified atom stereocenters. The summed E-state index contributed by atoms with van der Waals surface area (Å²) in [5.41, 5.74) is 3.43. The van der Waals surface area contributed by atoms with Crippen LogP contribution < -0.4 is 5.32 Å². The Balaban J connectivity index is 1.37. The molecule has 2 aliphatic heterocycles. The van der Waals surface area contributed by atoms with Gasteiger partial charge in [-0.2, -0.15) is 5.06 Å².